The van der Waals surface area contributed by atoms with E-state index in [9.17, 15) is 9.18 Å². The van der Waals surface area contributed by atoms with Gasteiger partial charge in [0.2, 0.25) is 5.91 Å². The normalized spacial score (nSPS) is 26.0. The van der Waals surface area contributed by atoms with Crippen LogP contribution in [0.15, 0.2) is 24.3 Å². The first-order valence-electron chi connectivity index (χ1n) is 10.5. The predicted octanol–water partition coefficient (Wildman–Crippen LogP) is 3.25. The summed E-state index contributed by atoms with van der Waals surface area (Å²) in [6, 6.07) is 7.40. The van der Waals surface area contributed by atoms with Gasteiger partial charge in [-0.1, -0.05) is 12.1 Å². The van der Waals surface area contributed by atoms with Gasteiger partial charge in [0.15, 0.2) is 0 Å². The van der Waals surface area contributed by atoms with Gasteiger partial charge in [0.05, 0.1) is 0 Å². The minimum absolute atomic E-state index is 0.0790. The minimum Gasteiger partial charge on any atom is -0.381 e. The summed E-state index contributed by atoms with van der Waals surface area (Å²) in [4.78, 5) is 14.5. The Bertz CT molecular complexity index is 655. The quantitative estimate of drug-likeness (QED) is 0.831. The van der Waals surface area contributed by atoms with Gasteiger partial charge < -0.3 is 15.0 Å². The smallest absolute Gasteiger partial charge is 0.222 e. The fourth-order valence-electron chi connectivity index (χ4n) is 4.53. The third-order valence-corrected chi connectivity index (χ3v) is 6.60. The van der Waals surface area contributed by atoms with Gasteiger partial charge in [-0.3, -0.25) is 4.79 Å². The van der Waals surface area contributed by atoms with Gasteiger partial charge in [0, 0.05) is 50.7 Å². The summed E-state index contributed by atoms with van der Waals surface area (Å²) in [7, 11) is 0. The second-order valence-electron chi connectivity index (χ2n) is 8.59. The molecule has 1 saturated carbocycles. The summed E-state index contributed by atoms with van der Waals surface area (Å²) in [5, 5.41) is 3.74. The second-order valence-corrected chi connectivity index (χ2v) is 8.59. The Hall–Kier alpha value is -1.46. The maximum absolute atomic E-state index is 13.8. The van der Waals surface area contributed by atoms with E-state index in [4.69, 9.17) is 4.74 Å². The summed E-state index contributed by atoms with van der Waals surface area (Å²) in [5.41, 5.74) is 0.989. The van der Waals surface area contributed by atoms with Gasteiger partial charge in [-0.2, -0.15) is 0 Å². The van der Waals surface area contributed by atoms with Crippen molar-refractivity contribution in [3.63, 3.8) is 0 Å². The molecule has 1 N–H and O–H groups in total. The molecule has 0 radical (unpaired) electrons. The lowest BCUT2D eigenvalue weighted by atomic mass is 9.74. The zero-order valence-electron chi connectivity index (χ0n) is 16.1. The molecule has 0 spiro atoms. The van der Waals surface area contributed by atoms with Crippen molar-refractivity contribution in [3.8, 4) is 0 Å². The van der Waals surface area contributed by atoms with Crippen molar-refractivity contribution in [2.75, 3.05) is 32.8 Å². The molecule has 4 nitrogen and oxygen atoms in total. The molecule has 2 aliphatic heterocycles. The highest BCUT2D eigenvalue weighted by Crippen LogP contribution is 2.35. The van der Waals surface area contributed by atoms with E-state index in [-0.39, 0.29) is 11.2 Å². The van der Waals surface area contributed by atoms with E-state index in [1.165, 1.54) is 18.9 Å². The van der Waals surface area contributed by atoms with Crippen LogP contribution in [0.25, 0.3) is 0 Å². The topological polar surface area (TPSA) is 41.6 Å². The van der Waals surface area contributed by atoms with Gasteiger partial charge in [0.1, 0.15) is 5.82 Å². The van der Waals surface area contributed by atoms with Crippen LogP contribution >= 0.6 is 0 Å². The fraction of sp³-hybridized carbons (Fsp3) is 0.682. The molecule has 4 rings (SSSR count). The average Bonchev–Trinajstić information content (AvgIpc) is 3.52. The van der Waals surface area contributed by atoms with E-state index in [0.29, 0.717) is 18.4 Å². The summed E-state index contributed by atoms with van der Waals surface area (Å²) in [6.45, 7) is 4.08. The molecule has 1 amide bonds. The van der Waals surface area contributed by atoms with Crippen LogP contribution < -0.4 is 5.32 Å². The lowest BCUT2D eigenvalue weighted by Gasteiger charge is -2.39. The second kappa shape index (κ2) is 8.27. The Morgan fingerprint density at radius 1 is 1.19 bits per heavy atom. The number of ether oxygens (including phenoxy) is 1. The summed E-state index contributed by atoms with van der Waals surface area (Å²) < 4.78 is 19.4. The zero-order valence-corrected chi connectivity index (χ0v) is 16.1. The van der Waals surface area contributed by atoms with E-state index in [0.717, 1.165) is 70.0 Å². The van der Waals surface area contributed by atoms with Crippen LogP contribution in [0, 0.1) is 11.7 Å². The molecule has 0 aromatic heterocycles. The van der Waals surface area contributed by atoms with Crippen LogP contribution in [0.4, 0.5) is 4.39 Å². The van der Waals surface area contributed by atoms with E-state index in [1.54, 1.807) is 6.07 Å². The van der Waals surface area contributed by atoms with Gasteiger partial charge in [-0.25, -0.2) is 4.39 Å². The molecule has 2 saturated heterocycles. The number of carbonyl (C=O) groups is 1. The van der Waals surface area contributed by atoms with E-state index < -0.39 is 0 Å². The first-order valence-corrected chi connectivity index (χ1v) is 10.5. The molecule has 0 bridgehead atoms. The van der Waals surface area contributed by atoms with Gasteiger partial charge in [-0.15, -0.1) is 0 Å². The SMILES string of the molecule is O=C1CCC(NCC2(c3cccc(F)c3)CCOCC2)CCN1CC1CC1. The van der Waals surface area contributed by atoms with Crippen LogP contribution in [-0.2, 0) is 14.9 Å². The number of nitrogens with one attached hydrogen (secondary N) is 1. The number of likely N-dealkylation sites (tertiary alicyclic amines) is 1. The van der Waals surface area contributed by atoms with Crippen molar-refractivity contribution in [3.05, 3.63) is 35.6 Å². The van der Waals surface area contributed by atoms with Crippen LogP contribution in [0.5, 0.6) is 0 Å². The van der Waals surface area contributed by atoms with Crippen molar-refractivity contribution < 1.29 is 13.9 Å². The Labute approximate surface area is 161 Å². The maximum atomic E-state index is 13.8. The highest BCUT2D eigenvalue weighted by Gasteiger charge is 2.36. The molecule has 27 heavy (non-hydrogen) atoms. The molecule has 148 valence electrons. The monoisotopic (exact) mass is 374 g/mol. The molecule has 1 atom stereocenters. The number of carbonyl (C=O) groups excluding carboxylic acids is 1. The van der Waals surface area contributed by atoms with E-state index >= 15 is 0 Å². The van der Waals surface area contributed by atoms with Crippen LogP contribution in [0.3, 0.4) is 0 Å². The van der Waals surface area contributed by atoms with E-state index in [1.807, 2.05) is 12.1 Å². The van der Waals surface area contributed by atoms with Crippen molar-refractivity contribution >= 4 is 5.91 Å². The number of hydrogen-bond donors (Lipinski definition) is 1. The summed E-state index contributed by atoms with van der Waals surface area (Å²) in [6.07, 6.45) is 6.92. The Morgan fingerprint density at radius 3 is 2.74 bits per heavy atom. The predicted molar refractivity (Wildman–Crippen MR) is 103 cm³/mol. The number of halogens is 1. The van der Waals surface area contributed by atoms with Crippen LogP contribution in [-0.4, -0.2) is 49.7 Å². The fourth-order valence-corrected chi connectivity index (χ4v) is 4.53. The van der Waals surface area contributed by atoms with Gasteiger partial charge in [-0.05, 0) is 62.1 Å². The molecule has 1 aromatic carbocycles. The largest absolute Gasteiger partial charge is 0.381 e. The number of benzene rings is 1. The van der Waals surface area contributed by atoms with Crippen molar-refractivity contribution in [2.45, 2.75) is 56.4 Å². The third kappa shape index (κ3) is 4.69. The molecule has 1 unspecified atom stereocenters. The zero-order chi connectivity index (χ0) is 18.7. The number of hydrogen-bond acceptors (Lipinski definition) is 3. The molecule has 1 aliphatic carbocycles. The lowest BCUT2D eigenvalue weighted by molar-refractivity contribution is -0.130. The Kier molecular flexibility index (Phi) is 5.79. The molecule has 1 aromatic rings. The summed E-state index contributed by atoms with van der Waals surface area (Å²) in [5.74, 6) is 0.892. The summed E-state index contributed by atoms with van der Waals surface area (Å²) >= 11 is 0. The third-order valence-electron chi connectivity index (χ3n) is 6.60. The number of nitrogens with zero attached hydrogens (tertiary/aromatic N) is 1. The lowest BCUT2D eigenvalue weighted by Crippen LogP contribution is -2.46. The van der Waals surface area contributed by atoms with Crippen molar-refractivity contribution in [1.29, 1.82) is 0 Å². The highest BCUT2D eigenvalue weighted by atomic mass is 19.1. The number of rotatable bonds is 6. The highest BCUT2D eigenvalue weighted by molar-refractivity contribution is 5.76. The van der Waals surface area contributed by atoms with Crippen molar-refractivity contribution in [2.24, 2.45) is 5.92 Å². The average molecular weight is 375 g/mol. The van der Waals surface area contributed by atoms with Crippen molar-refractivity contribution in [1.82, 2.24) is 10.2 Å². The van der Waals surface area contributed by atoms with Crippen LogP contribution in [0.1, 0.15) is 50.5 Å². The minimum atomic E-state index is -0.172. The van der Waals surface area contributed by atoms with Gasteiger partial charge in [0.25, 0.3) is 0 Å². The molecule has 3 fully saturated rings. The standard InChI is InChI=1S/C22H31FN2O2/c23-19-3-1-2-18(14-19)22(9-12-27-13-10-22)16-24-20-6-7-21(26)25(11-8-20)15-17-4-5-17/h1-3,14,17,20,24H,4-13,15-16H2. The first kappa shape index (κ1) is 18.9. The Balaban J connectivity index is 1.39. The maximum Gasteiger partial charge on any atom is 0.222 e. The van der Waals surface area contributed by atoms with Crippen LogP contribution in [0.2, 0.25) is 0 Å². The first-order chi connectivity index (χ1) is 13.1. The molecular weight excluding hydrogens is 343 g/mol. The van der Waals surface area contributed by atoms with E-state index in [2.05, 4.69) is 10.2 Å². The molecule has 5 heteroatoms. The number of amides is 1. The molecule has 3 aliphatic rings. The Morgan fingerprint density at radius 2 is 2.00 bits per heavy atom. The molecular formula is C22H31FN2O2. The van der Waals surface area contributed by atoms with Gasteiger partial charge >= 0.3 is 0 Å². The molecule has 2 heterocycles.